The highest BCUT2D eigenvalue weighted by atomic mass is 32.2. The van der Waals surface area contributed by atoms with Gasteiger partial charge in [-0.25, -0.2) is 4.39 Å². The lowest BCUT2D eigenvalue weighted by Gasteiger charge is -2.30. The number of aliphatic imine (C=N–C) groups is 1. The van der Waals surface area contributed by atoms with Gasteiger partial charge in [-0.2, -0.15) is 11.8 Å². The van der Waals surface area contributed by atoms with Crippen LogP contribution < -0.4 is 10.6 Å². The van der Waals surface area contributed by atoms with Gasteiger partial charge in [-0.3, -0.25) is 4.99 Å². The third-order valence-electron chi connectivity index (χ3n) is 4.06. The molecule has 0 amide bonds. The average Bonchev–Trinajstić information content (AvgIpc) is 2.55. The molecule has 0 radical (unpaired) electrons. The number of nitrogens with one attached hydrogen (secondary N) is 2. The molecule has 0 saturated heterocycles. The molecule has 1 aliphatic rings. The summed E-state index contributed by atoms with van der Waals surface area (Å²) in [5.74, 6) is 0.985. The van der Waals surface area contributed by atoms with Crippen molar-refractivity contribution in [2.75, 3.05) is 12.8 Å². The van der Waals surface area contributed by atoms with Gasteiger partial charge in [0.25, 0.3) is 0 Å². The second kappa shape index (κ2) is 9.01. The summed E-state index contributed by atoms with van der Waals surface area (Å²) in [6, 6.07) is 4.85. The minimum atomic E-state index is -0.598. The monoisotopic (exact) mass is 339 g/mol. The van der Waals surface area contributed by atoms with E-state index < -0.39 is 5.82 Å². The van der Waals surface area contributed by atoms with Crippen LogP contribution in [0.15, 0.2) is 23.2 Å². The van der Waals surface area contributed by atoms with Gasteiger partial charge in [0.15, 0.2) is 17.5 Å². The summed E-state index contributed by atoms with van der Waals surface area (Å²) >= 11 is 2.04. The first-order valence-electron chi connectivity index (χ1n) is 8.18. The number of benzene rings is 1. The first kappa shape index (κ1) is 17.9. The first-order valence-corrected chi connectivity index (χ1v) is 9.23. The molecular formula is C17H26FN3OS. The van der Waals surface area contributed by atoms with Crippen LogP contribution in [0.4, 0.5) is 4.39 Å². The summed E-state index contributed by atoms with van der Waals surface area (Å²) in [6.45, 7) is 2.68. The van der Waals surface area contributed by atoms with E-state index in [9.17, 15) is 9.50 Å². The number of thioether (sulfide) groups is 1. The third kappa shape index (κ3) is 5.61. The predicted molar refractivity (Wildman–Crippen MR) is 95.6 cm³/mol. The Balaban J connectivity index is 1.84. The van der Waals surface area contributed by atoms with Gasteiger partial charge < -0.3 is 15.7 Å². The molecule has 128 valence electrons. The number of guanidine groups is 1. The minimum Gasteiger partial charge on any atom is -0.505 e. The minimum absolute atomic E-state index is 0.321. The van der Waals surface area contributed by atoms with Crippen molar-refractivity contribution >= 4 is 17.7 Å². The van der Waals surface area contributed by atoms with Crippen LogP contribution in [0.1, 0.15) is 38.2 Å². The average molecular weight is 339 g/mol. The van der Waals surface area contributed by atoms with Crippen LogP contribution in [0, 0.1) is 5.82 Å². The standard InChI is InChI=1S/C17H26FN3OS/c1-3-23-14-6-4-5-13(10-14)21-17(19-2)20-11-12-7-8-16(22)15(18)9-12/h7-9,13-14,22H,3-6,10-11H2,1-2H3,(H2,19,20,21). The van der Waals surface area contributed by atoms with E-state index in [4.69, 9.17) is 0 Å². The Bertz CT molecular complexity index is 537. The molecule has 0 spiro atoms. The van der Waals surface area contributed by atoms with E-state index in [1.807, 2.05) is 11.8 Å². The smallest absolute Gasteiger partial charge is 0.191 e. The van der Waals surface area contributed by atoms with Crippen molar-refractivity contribution in [3.63, 3.8) is 0 Å². The summed E-state index contributed by atoms with van der Waals surface area (Å²) < 4.78 is 13.3. The van der Waals surface area contributed by atoms with Crippen LogP contribution >= 0.6 is 11.8 Å². The number of nitrogens with zero attached hydrogens (tertiary/aromatic N) is 1. The molecule has 1 fully saturated rings. The molecule has 2 rings (SSSR count). The summed E-state index contributed by atoms with van der Waals surface area (Å²) in [6.07, 6.45) is 4.87. The maximum Gasteiger partial charge on any atom is 0.191 e. The van der Waals surface area contributed by atoms with Crippen molar-refractivity contribution in [1.29, 1.82) is 0 Å². The zero-order valence-corrected chi connectivity index (χ0v) is 14.6. The molecule has 0 bridgehead atoms. The largest absolute Gasteiger partial charge is 0.505 e. The van der Waals surface area contributed by atoms with Crippen molar-refractivity contribution in [1.82, 2.24) is 10.6 Å². The molecule has 2 atom stereocenters. The number of phenolic OH excluding ortho intramolecular Hbond substituents is 1. The molecule has 0 aliphatic heterocycles. The Kier molecular flexibility index (Phi) is 7.02. The fraction of sp³-hybridized carbons (Fsp3) is 0.588. The van der Waals surface area contributed by atoms with Gasteiger partial charge in [-0.05, 0) is 42.7 Å². The van der Waals surface area contributed by atoms with Gasteiger partial charge in [0, 0.05) is 24.9 Å². The zero-order chi connectivity index (χ0) is 16.7. The van der Waals surface area contributed by atoms with Crippen LogP contribution in [-0.4, -0.2) is 35.2 Å². The van der Waals surface area contributed by atoms with E-state index in [-0.39, 0.29) is 5.75 Å². The lowest BCUT2D eigenvalue weighted by atomic mass is 9.95. The van der Waals surface area contributed by atoms with Crippen LogP contribution in [0.25, 0.3) is 0 Å². The zero-order valence-electron chi connectivity index (χ0n) is 13.8. The van der Waals surface area contributed by atoms with Crippen LogP contribution in [0.5, 0.6) is 5.75 Å². The fourth-order valence-electron chi connectivity index (χ4n) is 2.90. The van der Waals surface area contributed by atoms with E-state index in [2.05, 4.69) is 22.5 Å². The molecule has 1 saturated carbocycles. The second-order valence-corrected chi connectivity index (χ2v) is 7.37. The predicted octanol–water partition coefficient (Wildman–Crippen LogP) is 3.26. The number of halogens is 1. The van der Waals surface area contributed by atoms with Crippen molar-refractivity contribution in [3.05, 3.63) is 29.6 Å². The van der Waals surface area contributed by atoms with Gasteiger partial charge in [0.2, 0.25) is 0 Å². The van der Waals surface area contributed by atoms with Crippen molar-refractivity contribution in [2.45, 2.75) is 50.4 Å². The maximum absolute atomic E-state index is 13.3. The number of hydrogen-bond acceptors (Lipinski definition) is 3. The van der Waals surface area contributed by atoms with Crippen molar-refractivity contribution < 1.29 is 9.50 Å². The second-order valence-electron chi connectivity index (χ2n) is 5.80. The highest BCUT2D eigenvalue weighted by Crippen LogP contribution is 2.28. The van der Waals surface area contributed by atoms with Gasteiger partial charge in [-0.15, -0.1) is 0 Å². The number of hydrogen-bond donors (Lipinski definition) is 3. The number of rotatable bonds is 5. The summed E-state index contributed by atoms with van der Waals surface area (Å²) in [4.78, 5) is 4.25. The van der Waals surface area contributed by atoms with Gasteiger partial charge >= 0.3 is 0 Å². The Morgan fingerprint density at radius 3 is 2.96 bits per heavy atom. The highest BCUT2D eigenvalue weighted by Gasteiger charge is 2.22. The molecule has 6 heteroatoms. The first-order chi connectivity index (χ1) is 11.1. The molecule has 0 aromatic heterocycles. The maximum atomic E-state index is 13.3. The van der Waals surface area contributed by atoms with Gasteiger partial charge in [-0.1, -0.05) is 19.4 Å². The van der Waals surface area contributed by atoms with Crippen LogP contribution in [-0.2, 0) is 6.54 Å². The van der Waals surface area contributed by atoms with E-state index >= 15 is 0 Å². The Morgan fingerprint density at radius 1 is 1.43 bits per heavy atom. The molecule has 2 unspecified atom stereocenters. The summed E-state index contributed by atoms with van der Waals surface area (Å²) in [7, 11) is 1.74. The van der Waals surface area contributed by atoms with Gasteiger partial charge in [0.05, 0.1) is 0 Å². The quantitative estimate of drug-likeness (QED) is 0.569. The molecule has 3 N–H and O–H groups in total. The van der Waals surface area contributed by atoms with E-state index in [0.717, 1.165) is 35.4 Å². The molecular weight excluding hydrogens is 313 g/mol. The van der Waals surface area contributed by atoms with Crippen molar-refractivity contribution in [3.8, 4) is 5.75 Å². The molecule has 23 heavy (non-hydrogen) atoms. The highest BCUT2D eigenvalue weighted by molar-refractivity contribution is 7.99. The Morgan fingerprint density at radius 2 is 2.26 bits per heavy atom. The molecule has 1 aliphatic carbocycles. The van der Waals surface area contributed by atoms with Crippen LogP contribution in [0.3, 0.4) is 0 Å². The van der Waals surface area contributed by atoms with Gasteiger partial charge in [0.1, 0.15) is 0 Å². The topological polar surface area (TPSA) is 56.7 Å². The number of phenols is 1. The lowest BCUT2D eigenvalue weighted by molar-refractivity contribution is 0.418. The third-order valence-corrected chi connectivity index (χ3v) is 5.30. The molecule has 0 heterocycles. The summed E-state index contributed by atoms with van der Waals surface area (Å²) in [5, 5.41) is 16.6. The number of aromatic hydroxyl groups is 1. The van der Waals surface area contributed by atoms with E-state index in [1.165, 1.54) is 25.0 Å². The molecule has 4 nitrogen and oxygen atoms in total. The van der Waals surface area contributed by atoms with E-state index in [0.29, 0.717) is 12.6 Å². The fourth-order valence-corrected chi connectivity index (χ4v) is 4.07. The Labute approximate surface area is 142 Å². The molecule has 1 aromatic rings. The van der Waals surface area contributed by atoms with Crippen molar-refractivity contribution in [2.24, 2.45) is 4.99 Å². The normalized spacial score (nSPS) is 22.0. The summed E-state index contributed by atoms with van der Waals surface area (Å²) in [5.41, 5.74) is 0.770. The Hall–Kier alpha value is -1.43. The van der Waals surface area contributed by atoms with E-state index in [1.54, 1.807) is 13.1 Å². The SMILES string of the molecule is CCSC1CCCC(NC(=NC)NCc2ccc(O)c(F)c2)C1. The van der Waals surface area contributed by atoms with Crippen LogP contribution in [0.2, 0.25) is 0 Å². The lowest BCUT2D eigenvalue weighted by Crippen LogP contribution is -2.45. The molecule has 1 aromatic carbocycles.